The average molecular weight is 373 g/mol. The average Bonchev–Trinajstić information content (AvgIpc) is 2.89. The van der Waals surface area contributed by atoms with Crippen molar-refractivity contribution in [2.45, 2.75) is 20.8 Å². The van der Waals surface area contributed by atoms with Crippen molar-refractivity contribution in [3.05, 3.63) is 16.0 Å². The lowest BCUT2D eigenvalue weighted by molar-refractivity contribution is 0.261. The number of rotatable bonds is 7. The molecule has 114 valence electrons. The van der Waals surface area contributed by atoms with Crippen LogP contribution in [0.5, 0.6) is 17.2 Å². The van der Waals surface area contributed by atoms with Gasteiger partial charge >= 0.3 is 0 Å². The fraction of sp³-hybridized carbons (Fsp3) is 0.429. The van der Waals surface area contributed by atoms with Gasteiger partial charge in [0.05, 0.1) is 19.8 Å². The van der Waals surface area contributed by atoms with Crippen LogP contribution in [0.15, 0.2) is 16.0 Å². The van der Waals surface area contributed by atoms with Gasteiger partial charge in [-0.25, -0.2) is 0 Å². The van der Waals surface area contributed by atoms with E-state index in [1.807, 2.05) is 32.9 Å². The Morgan fingerprint density at radius 3 is 1.95 bits per heavy atom. The van der Waals surface area contributed by atoms with E-state index in [0.717, 1.165) is 14.5 Å². The molecule has 7 heteroatoms. The fourth-order valence-electron chi connectivity index (χ4n) is 1.83. The van der Waals surface area contributed by atoms with Crippen molar-refractivity contribution in [1.82, 2.24) is 10.2 Å². The first-order valence-electron chi connectivity index (χ1n) is 6.75. The molecule has 0 aliphatic heterocycles. The van der Waals surface area contributed by atoms with E-state index >= 15 is 0 Å². The van der Waals surface area contributed by atoms with Crippen LogP contribution in [0.1, 0.15) is 20.8 Å². The molecule has 0 fully saturated rings. The molecule has 21 heavy (non-hydrogen) atoms. The van der Waals surface area contributed by atoms with Crippen LogP contribution in [-0.2, 0) is 0 Å². The Hall–Kier alpha value is -1.34. The first kappa shape index (κ1) is 16.0. The van der Waals surface area contributed by atoms with E-state index in [4.69, 9.17) is 14.2 Å². The summed E-state index contributed by atoms with van der Waals surface area (Å²) in [5.74, 6) is 1.95. The molecular formula is C14H17BrN2O3S. The van der Waals surface area contributed by atoms with Crippen LogP contribution in [0.3, 0.4) is 0 Å². The Bertz CT molecular complexity index is 577. The molecule has 0 spiro atoms. The zero-order chi connectivity index (χ0) is 15.2. The van der Waals surface area contributed by atoms with Crippen molar-refractivity contribution in [2.75, 3.05) is 19.8 Å². The van der Waals surface area contributed by atoms with Gasteiger partial charge in [-0.05, 0) is 48.8 Å². The number of halogens is 1. The molecule has 5 nitrogen and oxygen atoms in total. The molecule has 0 atom stereocenters. The number of nitrogens with zero attached hydrogens (tertiary/aromatic N) is 2. The van der Waals surface area contributed by atoms with Crippen molar-refractivity contribution < 1.29 is 14.2 Å². The number of benzene rings is 1. The lowest BCUT2D eigenvalue weighted by atomic mass is 10.2. The van der Waals surface area contributed by atoms with E-state index in [-0.39, 0.29) is 0 Å². The highest BCUT2D eigenvalue weighted by Gasteiger charge is 2.17. The minimum absolute atomic E-state index is 0.545. The van der Waals surface area contributed by atoms with Gasteiger partial charge in [-0.3, -0.25) is 0 Å². The van der Waals surface area contributed by atoms with Crippen molar-refractivity contribution in [3.8, 4) is 27.8 Å². The SMILES string of the molecule is CCOc1cc(-c2nnc(Br)s2)cc(OCC)c1OCC. The largest absolute Gasteiger partial charge is 0.490 e. The molecule has 2 aromatic rings. The molecular weight excluding hydrogens is 356 g/mol. The summed E-state index contributed by atoms with van der Waals surface area (Å²) in [6.45, 7) is 7.45. The summed E-state index contributed by atoms with van der Waals surface area (Å²) in [6.07, 6.45) is 0. The normalized spacial score (nSPS) is 10.5. The van der Waals surface area contributed by atoms with Gasteiger partial charge in [0.2, 0.25) is 5.75 Å². The van der Waals surface area contributed by atoms with Gasteiger partial charge in [-0.2, -0.15) is 0 Å². The summed E-state index contributed by atoms with van der Waals surface area (Å²) >= 11 is 4.78. The minimum atomic E-state index is 0.545. The Morgan fingerprint density at radius 1 is 0.952 bits per heavy atom. The van der Waals surface area contributed by atoms with Gasteiger partial charge in [0.1, 0.15) is 5.01 Å². The molecule has 0 amide bonds. The third-order valence-electron chi connectivity index (χ3n) is 2.56. The maximum atomic E-state index is 5.69. The van der Waals surface area contributed by atoms with E-state index in [9.17, 15) is 0 Å². The lowest BCUT2D eigenvalue weighted by Gasteiger charge is -2.16. The Labute approximate surface area is 136 Å². The van der Waals surface area contributed by atoms with E-state index in [1.54, 1.807) is 0 Å². The topological polar surface area (TPSA) is 53.5 Å². The molecule has 1 heterocycles. The predicted molar refractivity (Wildman–Crippen MR) is 86.6 cm³/mol. The molecule has 0 saturated heterocycles. The van der Waals surface area contributed by atoms with Crippen LogP contribution in [0.25, 0.3) is 10.6 Å². The van der Waals surface area contributed by atoms with E-state index in [2.05, 4.69) is 26.1 Å². The summed E-state index contributed by atoms with van der Waals surface area (Å²) in [5.41, 5.74) is 0.897. The van der Waals surface area contributed by atoms with Crippen molar-refractivity contribution in [3.63, 3.8) is 0 Å². The monoisotopic (exact) mass is 372 g/mol. The van der Waals surface area contributed by atoms with Gasteiger partial charge in [0, 0.05) is 5.56 Å². The van der Waals surface area contributed by atoms with E-state index in [0.29, 0.717) is 37.1 Å². The third-order valence-corrected chi connectivity index (χ3v) is 3.96. The van der Waals surface area contributed by atoms with Crippen LogP contribution in [-0.4, -0.2) is 30.0 Å². The molecule has 0 unspecified atom stereocenters. The second kappa shape index (κ2) is 7.61. The maximum Gasteiger partial charge on any atom is 0.203 e. The maximum absolute atomic E-state index is 5.69. The Balaban J connectivity index is 2.51. The number of ether oxygens (including phenoxy) is 3. The minimum Gasteiger partial charge on any atom is -0.490 e. The first-order chi connectivity index (χ1) is 10.2. The van der Waals surface area contributed by atoms with Crippen LogP contribution >= 0.6 is 27.3 Å². The Morgan fingerprint density at radius 2 is 1.52 bits per heavy atom. The first-order valence-corrected chi connectivity index (χ1v) is 8.36. The van der Waals surface area contributed by atoms with Gasteiger partial charge in [-0.15, -0.1) is 10.2 Å². The molecule has 0 saturated carbocycles. The standard InChI is InChI=1S/C14H17BrN2O3S/c1-4-18-10-7-9(13-16-17-14(15)21-13)8-11(19-5-2)12(10)20-6-3/h7-8H,4-6H2,1-3H3. The quantitative estimate of drug-likeness (QED) is 0.729. The summed E-state index contributed by atoms with van der Waals surface area (Å²) in [4.78, 5) is 0. The molecule has 0 aliphatic rings. The highest BCUT2D eigenvalue weighted by atomic mass is 79.9. The van der Waals surface area contributed by atoms with Crippen molar-refractivity contribution in [1.29, 1.82) is 0 Å². The van der Waals surface area contributed by atoms with Crippen molar-refractivity contribution in [2.24, 2.45) is 0 Å². The summed E-state index contributed by atoms with van der Waals surface area (Å²) < 4.78 is 17.8. The van der Waals surface area contributed by atoms with Gasteiger partial charge < -0.3 is 14.2 Å². The van der Waals surface area contributed by atoms with Gasteiger partial charge in [0.15, 0.2) is 15.4 Å². The van der Waals surface area contributed by atoms with E-state index in [1.165, 1.54) is 11.3 Å². The molecule has 0 N–H and O–H groups in total. The molecule has 0 bridgehead atoms. The van der Waals surface area contributed by atoms with Crippen LogP contribution < -0.4 is 14.2 Å². The summed E-state index contributed by atoms with van der Waals surface area (Å²) in [5, 5.41) is 8.91. The van der Waals surface area contributed by atoms with Crippen LogP contribution in [0.4, 0.5) is 0 Å². The van der Waals surface area contributed by atoms with Crippen LogP contribution in [0.2, 0.25) is 0 Å². The highest BCUT2D eigenvalue weighted by molar-refractivity contribution is 9.11. The van der Waals surface area contributed by atoms with Gasteiger partial charge in [-0.1, -0.05) is 11.3 Å². The third kappa shape index (κ3) is 3.85. The van der Waals surface area contributed by atoms with Gasteiger partial charge in [0.25, 0.3) is 0 Å². The van der Waals surface area contributed by atoms with Crippen molar-refractivity contribution >= 4 is 27.3 Å². The van der Waals surface area contributed by atoms with Crippen LogP contribution in [0, 0.1) is 0 Å². The number of aromatic nitrogens is 2. The lowest BCUT2D eigenvalue weighted by Crippen LogP contribution is -2.02. The molecule has 0 radical (unpaired) electrons. The second-order valence-corrected chi connectivity index (χ2v) is 6.21. The summed E-state index contributed by atoms with van der Waals surface area (Å²) in [7, 11) is 0. The zero-order valence-electron chi connectivity index (χ0n) is 12.2. The Kier molecular flexibility index (Phi) is 5.81. The summed E-state index contributed by atoms with van der Waals surface area (Å²) in [6, 6.07) is 3.81. The molecule has 1 aromatic heterocycles. The number of hydrogen-bond acceptors (Lipinski definition) is 6. The number of hydrogen-bond donors (Lipinski definition) is 0. The predicted octanol–water partition coefficient (Wildman–Crippen LogP) is 4.16. The molecule has 1 aromatic carbocycles. The fourth-order valence-corrected chi connectivity index (χ4v) is 2.93. The smallest absolute Gasteiger partial charge is 0.203 e. The second-order valence-electron chi connectivity index (χ2n) is 3.96. The zero-order valence-corrected chi connectivity index (χ0v) is 14.6. The molecule has 0 aliphatic carbocycles. The highest BCUT2D eigenvalue weighted by Crippen LogP contribution is 2.42. The molecule has 2 rings (SSSR count). The van der Waals surface area contributed by atoms with E-state index < -0.39 is 0 Å².